The summed E-state index contributed by atoms with van der Waals surface area (Å²) in [4.78, 5) is 23.6. The van der Waals surface area contributed by atoms with Crippen LogP contribution in [-0.2, 0) is 9.53 Å². The minimum absolute atomic E-state index is 0.0940. The van der Waals surface area contributed by atoms with Gasteiger partial charge in [0.2, 0.25) is 0 Å². The first-order valence-electron chi connectivity index (χ1n) is 7.14. The number of benzene rings is 2. The third-order valence-electron chi connectivity index (χ3n) is 3.44. The van der Waals surface area contributed by atoms with Gasteiger partial charge in [0.05, 0.1) is 17.2 Å². The number of amides is 1. The number of nitrogens with one attached hydrogen (secondary N) is 1. The lowest BCUT2D eigenvalue weighted by Gasteiger charge is -2.09. The highest BCUT2D eigenvalue weighted by molar-refractivity contribution is 5.95. The predicted molar refractivity (Wildman–Crippen MR) is 85.9 cm³/mol. The van der Waals surface area contributed by atoms with E-state index in [9.17, 15) is 14.0 Å². The second kappa shape index (κ2) is 7.38. The van der Waals surface area contributed by atoms with Gasteiger partial charge in [-0.1, -0.05) is 6.07 Å². The van der Waals surface area contributed by atoms with Crippen LogP contribution in [0.3, 0.4) is 0 Å². The van der Waals surface area contributed by atoms with Crippen molar-refractivity contribution in [2.75, 3.05) is 11.9 Å². The molecule has 2 aromatic rings. The zero-order valence-corrected chi connectivity index (χ0v) is 13.2. The molecule has 6 heteroatoms. The van der Waals surface area contributed by atoms with E-state index in [-0.39, 0.29) is 11.1 Å². The number of esters is 1. The highest BCUT2D eigenvalue weighted by atomic mass is 19.1. The normalized spacial score (nSPS) is 9.92. The molecule has 122 valence electrons. The Bertz CT molecular complexity index is 841. The molecule has 24 heavy (non-hydrogen) atoms. The first-order chi connectivity index (χ1) is 11.4. The van der Waals surface area contributed by atoms with Crippen LogP contribution < -0.4 is 5.32 Å². The van der Waals surface area contributed by atoms with Crippen LogP contribution in [0.4, 0.5) is 10.1 Å². The molecule has 0 aliphatic heterocycles. The van der Waals surface area contributed by atoms with Gasteiger partial charge in [-0.05, 0) is 55.3 Å². The van der Waals surface area contributed by atoms with Crippen molar-refractivity contribution in [2.24, 2.45) is 0 Å². The van der Waals surface area contributed by atoms with Gasteiger partial charge in [-0.2, -0.15) is 5.26 Å². The average molecular weight is 326 g/mol. The smallest absolute Gasteiger partial charge is 0.341 e. The van der Waals surface area contributed by atoms with Gasteiger partial charge in [-0.15, -0.1) is 0 Å². The number of nitriles is 1. The molecule has 0 saturated carbocycles. The van der Waals surface area contributed by atoms with Gasteiger partial charge >= 0.3 is 5.97 Å². The maximum absolute atomic E-state index is 13.7. The van der Waals surface area contributed by atoms with Gasteiger partial charge < -0.3 is 10.1 Å². The summed E-state index contributed by atoms with van der Waals surface area (Å²) < 4.78 is 18.5. The maximum Gasteiger partial charge on any atom is 0.341 e. The Kier molecular flexibility index (Phi) is 5.27. The molecule has 0 spiro atoms. The summed E-state index contributed by atoms with van der Waals surface area (Å²) in [6.07, 6.45) is 0. The first-order valence-corrected chi connectivity index (χ1v) is 7.14. The Labute approximate surface area is 138 Å². The van der Waals surface area contributed by atoms with E-state index in [0.29, 0.717) is 5.69 Å². The number of nitrogens with zero attached hydrogens (tertiary/aromatic N) is 1. The highest BCUT2D eigenvalue weighted by Crippen LogP contribution is 2.14. The van der Waals surface area contributed by atoms with Crippen molar-refractivity contribution in [2.45, 2.75) is 13.8 Å². The number of ether oxygens (including phenoxy) is 1. The van der Waals surface area contributed by atoms with Gasteiger partial charge in [0.25, 0.3) is 5.91 Å². The number of carbonyl (C=O) groups is 2. The van der Waals surface area contributed by atoms with E-state index >= 15 is 0 Å². The maximum atomic E-state index is 13.7. The molecule has 1 amide bonds. The fourth-order valence-electron chi connectivity index (χ4n) is 1.98. The molecule has 0 aromatic heterocycles. The molecule has 2 aromatic carbocycles. The molecule has 0 atom stereocenters. The molecule has 1 N–H and O–H groups in total. The molecule has 0 unspecified atom stereocenters. The lowest BCUT2D eigenvalue weighted by atomic mass is 10.1. The van der Waals surface area contributed by atoms with Gasteiger partial charge in [0, 0.05) is 5.69 Å². The van der Waals surface area contributed by atoms with Crippen LogP contribution >= 0.6 is 0 Å². The zero-order chi connectivity index (χ0) is 17.7. The number of carbonyl (C=O) groups excluding carboxylic acids is 2. The quantitative estimate of drug-likeness (QED) is 0.876. The zero-order valence-electron chi connectivity index (χ0n) is 13.2. The lowest BCUT2D eigenvalue weighted by molar-refractivity contribution is -0.119. The van der Waals surface area contributed by atoms with Crippen molar-refractivity contribution >= 4 is 17.6 Å². The summed E-state index contributed by atoms with van der Waals surface area (Å²) in [5.74, 6) is -2.36. The molecule has 0 bridgehead atoms. The van der Waals surface area contributed by atoms with Crippen LogP contribution in [0, 0.1) is 31.0 Å². The van der Waals surface area contributed by atoms with E-state index < -0.39 is 24.3 Å². The summed E-state index contributed by atoms with van der Waals surface area (Å²) in [7, 11) is 0. The van der Waals surface area contributed by atoms with E-state index in [1.165, 1.54) is 6.07 Å². The summed E-state index contributed by atoms with van der Waals surface area (Å²) in [5.41, 5.74) is 2.47. The number of hydrogen-bond acceptors (Lipinski definition) is 4. The highest BCUT2D eigenvalue weighted by Gasteiger charge is 2.15. The molecule has 0 aliphatic rings. The van der Waals surface area contributed by atoms with Gasteiger partial charge in [0.15, 0.2) is 6.61 Å². The second-order valence-corrected chi connectivity index (χ2v) is 5.23. The third kappa shape index (κ3) is 4.17. The number of aryl methyl sites for hydroxylation is 2. The van der Waals surface area contributed by atoms with E-state index in [1.807, 2.05) is 19.9 Å². The Morgan fingerprint density at radius 1 is 1.17 bits per heavy atom. The number of rotatable bonds is 4. The van der Waals surface area contributed by atoms with Crippen LogP contribution in [0.15, 0.2) is 36.4 Å². The molecule has 0 radical (unpaired) electrons. The molecule has 0 saturated heterocycles. The minimum atomic E-state index is -0.966. The van der Waals surface area contributed by atoms with Gasteiger partial charge in [0.1, 0.15) is 5.82 Å². The lowest BCUT2D eigenvalue weighted by Crippen LogP contribution is -2.21. The number of hydrogen-bond donors (Lipinski definition) is 1. The van der Waals surface area contributed by atoms with Crippen LogP contribution in [-0.4, -0.2) is 18.5 Å². The SMILES string of the molecule is Cc1ccc(NC(=O)COC(=O)c2ccc(C#N)cc2F)cc1C. The van der Waals surface area contributed by atoms with Crippen molar-refractivity contribution in [1.29, 1.82) is 5.26 Å². The van der Waals surface area contributed by atoms with Crippen molar-refractivity contribution in [3.05, 3.63) is 64.5 Å². The fraction of sp³-hybridized carbons (Fsp3) is 0.167. The van der Waals surface area contributed by atoms with E-state index in [0.717, 1.165) is 23.3 Å². The standard InChI is InChI=1S/C18H15FN2O3/c1-11-3-5-14(7-12(11)2)21-17(22)10-24-18(23)15-6-4-13(9-20)8-16(15)19/h3-8H,10H2,1-2H3,(H,21,22). The van der Waals surface area contributed by atoms with E-state index in [1.54, 1.807) is 18.2 Å². The first kappa shape index (κ1) is 17.2. The fourth-order valence-corrected chi connectivity index (χ4v) is 1.98. The Balaban J connectivity index is 1.95. The molecule has 0 fully saturated rings. The predicted octanol–water partition coefficient (Wildman–Crippen LogP) is 3.11. The van der Waals surface area contributed by atoms with Crippen LogP contribution in [0.5, 0.6) is 0 Å². The van der Waals surface area contributed by atoms with Crippen molar-refractivity contribution in [1.82, 2.24) is 0 Å². The number of anilines is 1. The van der Waals surface area contributed by atoms with Gasteiger partial charge in [-0.25, -0.2) is 9.18 Å². The average Bonchev–Trinajstić information content (AvgIpc) is 2.56. The van der Waals surface area contributed by atoms with Crippen molar-refractivity contribution < 1.29 is 18.7 Å². The Morgan fingerprint density at radius 3 is 2.54 bits per heavy atom. The van der Waals surface area contributed by atoms with Crippen LogP contribution in [0.2, 0.25) is 0 Å². The van der Waals surface area contributed by atoms with Crippen molar-refractivity contribution in [3.63, 3.8) is 0 Å². The third-order valence-corrected chi connectivity index (χ3v) is 3.44. The summed E-state index contributed by atoms with van der Waals surface area (Å²) in [5, 5.41) is 11.3. The molecule has 2 rings (SSSR count). The number of halogens is 1. The second-order valence-electron chi connectivity index (χ2n) is 5.23. The largest absolute Gasteiger partial charge is 0.452 e. The molecule has 5 nitrogen and oxygen atoms in total. The summed E-state index contributed by atoms with van der Waals surface area (Å²) in [6, 6.07) is 10.6. The van der Waals surface area contributed by atoms with Crippen molar-refractivity contribution in [3.8, 4) is 6.07 Å². The monoisotopic (exact) mass is 326 g/mol. The molecule has 0 aliphatic carbocycles. The van der Waals surface area contributed by atoms with Crippen LogP contribution in [0.1, 0.15) is 27.0 Å². The summed E-state index contributed by atoms with van der Waals surface area (Å²) >= 11 is 0. The molecule has 0 heterocycles. The van der Waals surface area contributed by atoms with E-state index in [2.05, 4.69) is 5.32 Å². The van der Waals surface area contributed by atoms with Gasteiger partial charge in [-0.3, -0.25) is 4.79 Å². The Hall–Kier alpha value is -3.20. The topological polar surface area (TPSA) is 79.2 Å². The molecular formula is C18H15FN2O3. The Morgan fingerprint density at radius 2 is 1.92 bits per heavy atom. The van der Waals surface area contributed by atoms with E-state index in [4.69, 9.17) is 10.00 Å². The minimum Gasteiger partial charge on any atom is -0.452 e. The summed E-state index contributed by atoms with van der Waals surface area (Å²) in [6.45, 7) is 3.33. The molecular weight excluding hydrogens is 311 g/mol. The van der Waals surface area contributed by atoms with Crippen LogP contribution in [0.25, 0.3) is 0 Å².